The Morgan fingerprint density at radius 1 is 0.593 bits per heavy atom. The molecule has 0 aromatic heterocycles. The zero-order valence-corrected chi connectivity index (χ0v) is 37.2. The second kappa shape index (κ2) is 39.7. The molecule has 59 heavy (non-hydrogen) atoms. The summed E-state index contributed by atoms with van der Waals surface area (Å²) in [4.78, 5) is 13.0. The van der Waals surface area contributed by atoms with E-state index in [2.05, 4.69) is 79.9 Å². The number of unbranched alkanes of at least 4 members (excludes halogenated alkanes) is 18. The van der Waals surface area contributed by atoms with Gasteiger partial charge in [0.15, 0.2) is 6.29 Å². The fraction of sp³-hybridized carbons (Fsp3) is 0.740. The van der Waals surface area contributed by atoms with Gasteiger partial charge < -0.3 is 40.3 Å². The molecule has 0 saturated carbocycles. The molecular weight excluding hydrogens is 743 g/mol. The van der Waals surface area contributed by atoms with Gasteiger partial charge in [-0.05, 0) is 64.2 Å². The Labute approximate surface area is 359 Å². The Morgan fingerprint density at radius 2 is 1.05 bits per heavy atom. The first-order chi connectivity index (χ1) is 28.8. The minimum absolute atomic E-state index is 0.199. The summed E-state index contributed by atoms with van der Waals surface area (Å²) in [6, 6.07) is -0.818. The molecule has 1 saturated heterocycles. The number of carbonyl (C=O) groups excluding carboxylic acids is 1. The number of hydrogen-bond donors (Lipinski definition) is 6. The molecule has 0 aromatic rings. The number of ether oxygens (including phenoxy) is 2. The van der Waals surface area contributed by atoms with Crippen LogP contribution >= 0.6 is 0 Å². The summed E-state index contributed by atoms with van der Waals surface area (Å²) in [6.45, 7) is 3.63. The third-order valence-electron chi connectivity index (χ3n) is 10.8. The van der Waals surface area contributed by atoms with Crippen LogP contribution < -0.4 is 5.32 Å². The molecule has 9 nitrogen and oxygen atoms in total. The molecule has 1 aliphatic heterocycles. The average Bonchev–Trinajstić information content (AvgIpc) is 3.23. The van der Waals surface area contributed by atoms with E-state index in [4.69, 9.17) is 9.47 Å². The number of aliphatic hydroxyl groups excluding tert-OH is 5. The maximum absolute atomic E-state index is 13.0. The van der Waals surface area contributed by atoms with E-state index in [1.54, 1.807) is 6.08 Å². The Bertz CT molecular complexity index is 1150. The van der Waals surface area contributed by atoms with Crippen LogP contribution in [-0.2, 0) is 14.3 Å². The van der Waals surface area contributed by atoms with Crippen molar-refractivity contribution < 1.29 is 39.8 Å². The minimum Gasteiger partial charge on any atom is -0.394 e. The first kappa shape index (κ1) is 54.6. The average molecular weight is 830 g/mol. The number of hydrogen-bond acceptors (Lipinski definition) is 8. The zero-order chi connectivity index (χ0) is 43.0. The Morgan fingerprint density at radius 3 is 1.56 bits per heavy atom. The molecule has 7 atom stereocenters. The molecule has 9 heteroatoms. The molecule has 1 heterocycles. The van der Waals surface area contributed by atoms with Crippen molar-refractivity contribution in [2.24, 2.45) is 0 Å². The molecule has 0 aliphatic carbocycles. The van der Waals surface area contributed by atoms with Gasteiger partial charge in [0.1, 0.15) is 24.4 Å². The molecule has 0 radical (unpaired) electrons. The fourth-order valence-corrected chi connectivity index (χ4v) is 7.00. The minimum atomic E-state index is -1.57. The van der Waals surface area contributed by atoms with Crippen LogP contribution in [0.25, 0.3) is 0 Å². The number of amides is 1. The molecule has 1 aliphatic rings. The summed E-state index contributed by atoms with van der Waals surface area (Å²) >= 11 is 0. The quantitative estimate of drug-likeness (QED) is 0.0266. The van der Waals surface area contributed by atoms with Gasteiger partial charge in [-0.15, -0.1) is 0 Å². The van der Waals surface area contributed by atoms with Crippen molar-refractivity contribution in [1.82, 2.24) is 5.32 Å². The third-order valence-corrected chi connectivity index (χ3v) is 10.8. The van der Waals surface area contributed by atoms with E-state index in [0.29, 0.717) is 6.42 Å². The van der Waals surface area contributed by atoms with Crippen molar-refractivity contribution in [3.63, 3.8) is 0 Å². The predicted molar refractivity (Wildman–Crippen MR) is 244 cm³/mol. The summed E-state index contributed by atoms with van der Waals surface area (Å²) in [7, 11) is 0. The van der Waals surface area contributed by atoms with Crippen LogP contribution in [0.1, 0.15) is 181 Å². The maximum atomic E-state index is 13.0. The number of allylic oxidation sites excluding steroid dienone is 11. The predicted octanol–water partition coefficient (Wildman–Crippen LogP) is 10.2. The number of aliphatic hydroxyl groups is 5. The van der Waals surface area contributed by atoms with Crippen LogP contribution in [0, 0.1) is 0 Å². The van der Waals surface area contributed by atoms with Crippen LogP contribution in [-0.4, -0.2) is 87.5 Å². The summed E-state index contributed by atoms with van der Waals surface area (Å²) in [5.41, 5.74) is 0. The van der Waals surface area contributed by atoms with Gasteiger partial charge in [0, 0.05) is 6.42 Å². The van der Waals surface area contributed by atoms with Crippen molar-refractivity contribution in [3.8, 4) is 0 Å². The van der Waals surface area contributed by atoms with E-state index in [1.807, 2.05) is 6.08 Å². The van der Waals surface area contributed by atoms with Gasteiger partial charge in [0.2, 0.25) is 5.91 Å². The van der Waals surface area contributed by atoms with Crippen molar-refractivity contribution in [1.29, 1.82) is 0 Å². The summed E-state index contributed by atoms with van der Waals surface area (Å²) in [6.07, 6.45) is 46.5. The molecule has 1 fully saturated rings. The van der Waals surface area contributed by atoms with E-state index >= 15 is 0 Å². The maximum Gasteiger partial charge on any atom is 0.220 e. The smallest absolute Gasteiger partial charge is 0.220 e. The summed E-state index contributed by atoms with van der Waals surface area (Å²) in [5, 5.41) is 54.2. The fourth-order valence-electron chi connectivity index (χ4n) is 7.00. The van der Waals surface area contributed by atoms with Crippen LogP contribution in [0.15, 0.2) is 72.9 Å². The summed E-state index contributed by atoms with van der Waals surface area (Å²) in [5.74, 6) is -0.199. The largest absolute Gasteiger partial charge is 0.394 e. The number of carbonyl (C=O) groups is 1. The first-order valence-corrected chi connectivity index (χ1v) is 23.7. The number of nitrogens with one attached hydrogen (secondary N) is 1. The number of rotatable bonds is 38. The topological polar surface area (TPSA) is 149 Å². The Balaban J connectivity index is 2.37. The van der Waals surface area contributed by atoms with Crippen molar-refractivity contribution in [3.05, 3.63) is 72.9 Å². The SMILES string of the molecule is CC/C=C\C/C=C\C/C=C\C/C=C\C/C=C\CCCCCCCC(=O)NC(COC1OC(CO)C(O)C(O)C1O)C(O)/C=C/CCCCCCCCCCCCCCC. The highest BCUT2D eigenvalue weighted by molar-refractivity contribution is 5.76. The molecule has 6 N–H and O–H groups in total. The van der Waals surface area contributed by atoms with E-state index < -0.39 is 49.5 Å². The Kier molecular flexibility index (Phi) is 36.8. The van der Waals surface area contributed by atoms with Gasteiger partial charge >= 0.3 is 0 Å². The van der Waals surface area contributed by atoms with Gasteiger partial charge in [-0.2, -0.15) is 0 Å². The second-order valence-electron chi connectivity index (χ2n) is 16.2. The molecule has 0 aromatic carbocycles. The van der Waals surface area contributed by atoms with E-state index in [0.717, 1.165) is 89.9 Å². The van der Waals surface area contributed by atoms with E-state index in [1.165, 1.54) is 70.6 Å². The molecule has 0 spiro atoms. The van der Waals surface area contributed by atoms with Gasteiger partial charge in [-0.1, -0.05) is 183 Å². The lowest BCUT2D eigenvalue weighted by Gasteiger charge is -2.40. The lowest BCUT2D eigenvalue weighted by atomic mass is 9.99. The van der Waals surface area contributed by atoms with E-state index in [9.17, 15) is 30.3 Å². The highest BCUT2D eigenvalue weighted by Gasteiger charge is 2.44. The second-order valence-corrected chi connectivity index (χ2v) is 16.2. The molecular formula is C50H87NO8. The monoisotopic (exact) mass is 830 g/mol. The van der Waals surface area contributed by atoms with Crippen LogP contribution in [0.3, 0.4) is 0 Å². The van der Waals surface area contributed by atoms with Gasteiger partial charge in [0.25, 0.3) is 0 Å². The van der Waals surface area contributed by atoms with Crippen molar-refractivity contribution in [2.45, 2.75) is 224 Å². The molecule has 1 rings (SSSR count). The zero-order valence-electron chi connectivity index (χ0n) is 37.2. The van der Waals surface area contributed by atoms with Gasteiger partial charge in [0.05, 0.1) is 25.4 Å². The Hall–Kier alpha value is -2.37. The standard InChI is InChI=1S/C50H87NO8/c1-3-5-7-9-11-13-15-17-19-20-21-22-23-24-26-28-30-32-34-36-38-40-46(54)51-43(42-58-50-49(57)48(56)47(55)45(41-52)59-50)44(53)39-37-35-33-31-29-27-25-18-16-14-12-10-8-6-4-2/h5,7,11,13,17,19,21-22,24,26,37,39,43-45,47-50,52-53,55-57H,3-4,6,8-10,12,14-16,18,20,23,25,27-36,38,40-42H2,1-2H3,(H,51,54)/b7-5-,13-11-,19-17-,22-21-,26-24-,39-37+. The van der Waals surface area contributed by atoms with Crippen LogP contribution in [0.2, 0.25) is 0 Å². The van der Waals surface area contributed by atoms with Crippen LogP contribution in [0.5, 0.6) is 0 Å². The van der Waals surface area contributed by atoms with Gasteiger partial charge in [-0.3, -0.25) is 4.79 Å². The van der Waals surface area contributed by atoms with Crippen LogP contribution in [0.4, 0.5) is 0 Å². The molecule has 0 bridgehead atoms. The van der Waals surface area contributed by atoms with Gasteiger partial charge in [-0.25, -0.2) is 0 Å². The molecule has 1 amide bonds. The lowest BCUT2D eigenvalue weighted by Crippen LogP contribution is -2.60. The highest BCUT2D eigenvalue weighted by atomic mass is 16.7. The summed E-state index contributed by atoms with van der Waals surface area (Å²) < 4.78 is 11.2. The first-order valence-electron chi connectivity index (χ1n) is 23.7. The molecule has 340 valence electrons. The highest BCUT2D eigenvalue weighted by Crippen LogP contribution is 2.22. The van der Waals surface area contributed by atoms with Crippen molar-refractivity contribution in [2.75, 3.05) is 13.2 Å². The third kappa shape index (κ3) is 30.3. The molecule has 7 unspecified atom stereocenters. The van der Waals surface area contributed by atoms with E-state index in [-0.39, 0.29) is 12.5 Å². The van der Waals surface area contributed by atoms with Crippen molar-refractivity contribution >= 4 is 5.91 Å². The normalized spacial score (nSPS) is 21.4. The lowest BCUT2D eigenvalue weighted by molar-refractivity contribution is -0.302.